The number of carbonyl (C=O) groups is 1. The molecule has 1 aromatic heterocycles. The molecular formula is C17H26FN5O. The second kappa shape index (κ2) is 7.90. The number of piperazine rings is 1. The van der Waals surface area contributed by atoms with Gasteiger partial charge in [0.05, 0.1) is 11.9 Å². The van der Waals surface area contributed by atoms with Crippen molar-refractivity contribution >= 4 is 11.7 Å². The third kappa shape index (κ3) is 4.64. The maximum atomic E-state index is 12.8. The van der Waals surface area contributed by atoms with Crippen LogP contribution in [0.2, 0.25) is 0 Å². The van der Waals surface area contributed by atoms with E-state index in [0.29, 0.717) is 5.69 Å². The van der Waals surface area contributed by atoms with Crippen molar-refractivity contribution in [2.24, 2.45) is 5.92 Å². The smallest absolute Gasteiger partial charge is 0.321 e. The Labute approximate surface area is 142 Å². The van der Waals surface area contributed by atoms with Gasteiger partial charge in [-0.15, -0.1) is 0 Å². The number of pyridine rings is 1. The lowest BCUT2D eigenvalue weighted by Crippen LogP contribution is -2.51. The largest absolute Gasteiger partial charge is 0.322 e. The minimum absolute atomic E-state index is 0.138. The summed E-state index contributed by atoms with van der Waals surface area (Å²) in [6, 6.07) is 2.63. The van der Waals surface area contributed by atoms with E-state index < -0.39 is 5.95 Å². The summed E-state index contributed by atoms with van der Waals surface area (Å²) in [7, 11) is 2.19. The number of aromatic nitrogens is 1. The van der Waals surface area contributed by atoms with Crippen molar-refractivity contribution in [3.8, 4) is 0 Å². The molecule has 2 saturated heterocycles. The van der Waals surface area contributed by atoms with E-state index >= 15 is 0 Å². The number of nitrogens with zero attached hydrogens (tertiary/aromatic N) is 4. The van der Waals surface area contributed by atoms with Crippen LogP contribution in [0, 0.1) is 11.9 Å². The summed E-state index contributed by atoms with van der Waals surface area (Å²) in [5.74, 6) is 0.199. The summed E-state index contributed by atoms with van der Waals surface area (Å²) in [6.45, 7) is 6.79. The third-order valence-electron chi connectivity index (χ3n) is 4.88. The Balaban J connectivity index is 1.42. The van der Waals surface area contributed by atoms with Gasteiger partial charge < -0.3 is 15.1 Å². The Bertz CT molecular complexity index is 544. The van der Waals surface area contributed by atoms with Crippen molar-refractivity contribution in [3.05, 3.63) is 24.3 Å². The molecule has 2 fully saturated rings. The lowest BCUT2D eigenvalue weighted by atomic mass is 9.97. The van der Waals surface area contributed by atoms with Gasteiger partial charge in [0.2, 0.25) is 5.95 Å². The molecule has 2 aliphatic heterocycles. The van der Waals surface area contributed by atoms with Gasteiger partial charge in [-0.05, 0) is 44.5 Å². The van der Waals surface area contributed by atoms with Gasteiger partial charge in [-0.2, -0.15) is 4.39 Å². The number of halogens is 1. The molecule has 1 aromatic rings. The Morgan fingerprint density at radius 2 is 2.08 bits per heavy atom. The van der Waals surface area contributed by atoms with Crippen LogP contribution < -0.4 is 5.32 Å². The zero-order valence-electron chi connectivity index (χ0n) is 14.2. The Kier molecular flexibility index (Phi) is 5.63. The predicted octanol–water partition coefficient (Wildman–Crippen LogP) is 1.71. The molecule has 7 heteroatoms. The van der Waals surface area contributed by atoms with E-state index in [1.54, 1.807) is 0 Å². The molecule has 0 aromatic carbocycles. The molecule has 0 saturated carbocycles. The standard InChI is InChI=1S/C17H26FN5O/c1-21-6-2-3-14(12-21)13-22-7-9-23(10-8-22)17(24)20-15-4-5-16(18)19-11-15/h4-5,11,14H,2-3,6-10,12-13H2,1H3,(H,20,24). The normalized spacial score (nSPS) is 23.2. The molecule has 0 aliphatic carbocycles. The van der Waals surface area contributed by atoms with Crippen molar-refractivity contribution in [2.75, 3.05) is 58.2 Å². The van der Waals surface area contributed by atoms with Gasteiger partial charge in [-0.3, -0.25) is 4.90 Å². The molecule has 3 rings (SSSR count). The average Bonchev–Trinajstić information content (AvgIpc) is 2.57. The molecule has 1 N–H and O–H groups in total. The summed E-state index contributed by atoms with van der Waals surface area (Å²) < 4.78 is 12.8. The monoisotopic (exact) mass is 335 g/mol. The highest BCUT2D eigenvalue weighted by molar-refractivity contribution is 5.89. The van der Waals surface area contributed by atoms with Crippen LogP contribution in [0.1, 0.15) is 12.8 Å². The van der Waals surface area contributed by atoms with Crippen LogP contribution in [0.25, 0.3) is 0 Å². The zero-order valence-corrected chi connectivity index (χ0v) is 14.2. The minimum atomic E-state index is -0.546. The van der Waals surface area contributed by atoms with E-state index in [1.807, 2.05) is 4.90 Å². The maximum absolute atomic E-state index is 12.8. The third-order valence-corrected chi connectivity index (χ3v) is 4.88. The highest BCUT2D eigenvalue weighted by atomic mass is 19.1. The first-order valence-corrected chi connectivity index (χ1v) is 8.68. The molecule has 0 radical (unpaired) electrons. The highest BCUT2D eigenvalue weighted by Gasteiger charge is 2.25. The van der Waals surface area contributed by atoms with Gasteiger partial charge in [0.1, 0.15) is 0 Å². The number of likely N-dealkylation sites (tertiary alicyclic amines) is 1. The van der Waals surface area contributed by atoms with Crippen LogP contribution in [-0.4, -0.2) is 78.6 Å². The number of amides is 2. The number of nitrogens with one attached hydrogen (secondary N) is 1. The molecule has 132 valence electrons. The quantitative estimate of drug-likeness (QED) is 0.855. The summed E-state index contributed by atoms with van der Waals surface area (Å²) >= 11 is 0. The zero-order chi connectivity index (χ0) is 16.9. The summed E-state index contributed by atoms with van der Waals surface area (Å²) in [5.41, 5.74) is 0.522. The maximum Gasteiger partial charge on any atom is 0.321 e. The SMILES string of the molecule is CN1CCCC(CN2CCN(C(=O)Nc3ccc(F)nc3)CC2)C1. The molecular weight excluding hydrogens is 309 g/mol. The number of piperidine rings is 1. The first-order valence-electron chi connectivity index (χ1n) is 8.68. The van der Waals surface area contributed by atoms with Crippen molar-refractivity contribution in [1.82, 2.24) is 19.7 Å². The first kappa shape index (κ1) is 17.1. The Morgan fingerprint density at radius 3 is 2.75 bits per heavy atom. The van der Waals surface area contributed by atoms with Crippen LogP contribution in [0.3, 0.4) is 0 Å². The van der Waals surface area contributed by atoms with Gasteiger partial charge in [0, 0.05) is 39.3 Å². The molecule has 0 spiro atoms. The molecule has 2 aliphatic rings. The van der Waals surface area contributed by atoms with Gasteiger partial charge in [0.15, 0.2) is 0 Å². The molecule has 2 amide bonds. The number of rotatable bonds is 3. The molecule has 0 bridgehead atoms. The number of urea groups is 1. The van der Waals surface area contributed by atoms with Crippen LogP contribution in [0.5, 0.6) is 0 Å². The number of anilines is 1. The summed E-state index contributed by atoms with van der Waals surface area (Å²) in [4.78, 5) is 22.5. The van der Waals surface area contributed by atoms with E-state index in [0.717, 1.165) is 38.6 Å². The highest BCUT2D eigenvalue weighted by Crippen LogP contribution is 2.17. The van der Waals surface area contributed by atoms with Gasteiger partial charge in [0.25, 0.3) is 0 Å². The first-order chi connectivity index (χ1) is 11.6. The van der Waals surface area contributed by atoms with Crippen molar-refractivity contribution < 1.29 is 9.18 Å². The number of carbonyl (C=O) groups excluding carboxylic acids is 1. The average molecular weight is 335 g/mol. The van der Waals surface area contributed by atoms with E-state index in [-0.39, 0.29) is 6.03 Å². The molecule has 1 atom stereocenters. The van der Waals surface area contributed by atoms with E-state index in [9.17, 15) is 9.18 Å². The van der Waals surface area contributed by atoms with Gasteiger partial charge in [-0.1, -0.05) is 0 Å². The van der Waals surface area contributed by atoms with Crippen molar-refractivity contribution in [3.63, 3.8) is 0 Å². The number of hydrogen-bond acceptors (Lipinski definition) is 4. The van der Waals surface area contributed by atoms with Gasteiger partial charge >= 0.3 is 6.03 Å². The second-order valence-corrected chi connectivity index (χ2v) is 6.86. The van der Waals surface area contributed by atoms with E-state index in [2.05, 4.69) is 27.1 Å². The Hall–Kier alpha value is -1.73. The fraction of sp³-hybridized carbons (Fsp3) is 0.647. The lowest BCUT2D eigenvalue weighted by molar-refractivity contribution is 0.109. The topological polar surface area (TPSA) is 51.7 Å². The van der Waals surface area contributed by atoms with Crippen LogP contribution >= 0.6 is 0 Å². The van der Waals surface area contributed by atoms with Crippen molar-refractivity contribution in [1.29, 1.82) is 0 Å². The second-order valence-electron chi connectivity index (χ2n) is 6.86. The van der Waals surface area contributed by atoms with Gasteiger partial charge in [-0.25, -0.2) is 9.78 Å². The molecule has 24 heavy (non-hydrogen) atoms. The minimum Gasteiger partial charge on any atom is -0.322 e. The lowest BCUT2D eigenvalue weighted by Gasteiger charge is -2.38. The fourth-order valence-corrected chi connectivity index (χ4v) is 3.57. The van der Waals surface area contributed by atoms with Crippen LogP contribution in [-0.2, 0) is 0 Å². The number of hydrogen-bond donors (Lipinski definition) is 1. The molecule has 6 nitrogen and oxygen atoms in total. The van der Waals surface area contributed by atoms with E-state index in [4.69, 9.17) is 0 Å². The fourth-order valence-electron chi connectivity index (χ4n) is 3.57. The van der Waals surface area contributed by atoms with Crippen LogP contribution in [0.4, 0.5) is 14.9 Å². The summed E-state index contributed by atoms with van der Waals surface area (Å²) in [5, 5.41) is 2.77. The van der Waals surface area contributed by atoms with Crippen molar-refractivity contribution in [2.45, 2.75) is 12.8 Å². The molecule has 3 heterocycles. The predicted molar refractivity (Wildman–Crippen MR) is 91.4 cm³/mol. The summed E-state index contributed by atoms with van der Waals surface area (Å²) in [6.07, 6.45) is 3.93. The molecule has 1 unspecified atom stereocenters. The van der Waals surface area contributed by atoms with E-state index in [1.165, 1.54) is 44.3 Å². The van der Waals surface area contributed by atoms with Crippen LogP contribution in [0.15, 0.2) is 18.3 Å². The Morgan fingerprint density at radius 1 is 1.29 bits per heavy atom.